The fraction of sp³-hybridized carbons (Fsp3) is 0.381. The molecule has 1 amide bonds. The summed E-state index contributed by atoms with van der Waals surface area (Å²) in [6, 6.07) is 20.1. The molecular formula is C21H25NO2. The minimum Gasteiger partial charge on any atom is -0.388 e. The minimum absolute atomic E-state index is 0.216. The van der Waals surface area contributed by atoms with Gasteiger partial charge < -0.3 is 10.0 Å². The molecule has 1 N–H and O–H groups in total. The van der Waals surface area contributed by atoms with Crippen molar-refractivity contribution < 1.29 is 9.90 Å². The van der Waals surface area contributed by atoms with E-state index in [9.17, 15) is 9.90 Å². The Morgan fingerprint density at radius 2 is 1.67 bits per heavy atom. The van der Waals surface area contributed by atoms with Gasteiger partial charge in [-0.3, -0.25) is 4.79 Å². The molecule has 0 unspecified atom stereocenters. The molecule has 24 heavy (non-hydrogen) atoms. The normalized spacial score (nSPS) is 19.8. The van der Waals surface area contributed by atoms with Crippen LogP contribution in [-0.2, 0) is 4.79 Å². The zero-order chi connectivity index (χ0) is 16.8. The number of aliphatic hydroxyl groups excluding tert-OH is 1. The molecule has 1 saturated heterocycles. The van der Waals surface area contributed by atoms with Gasteiger partial charge in [0.2, 0.25) is 5.91 Å². The molecule has 2 aromatic rings. The summed E-state index contributed by atoms with van der Waals surface area (Å²) in [7, 11) is 0. The largest absolute Gasteiger partial charge is 0.388 e. The average Bonchev–Trinajstić information content (AvgIpc) is 2.83. The first-order valence-corrected chi connectivity index (χ1v) is 8.80. The molecule has 1 heterocycles. The fourth-order valence-corrected chi connectivity index (χ4v) is 3.45. The van der Waals surface area contributed by atoms with E-state index in [0.29, 0.717) is 25.3 Å². The molecule has 2 atom stereocenters. The zero-order valence-corrected chi connectivity index (χ0v) is 14.0. The van der Waals surface area contributed by atoms with E-state index in [4.69, 9.17) is 0 Å². The Bertz CT molecular complexity index is 641. The van der Waals surface area contributed by atoms with Crippen LogP contribution in [-0.4, -0.2) is 29.0 Å². The molecule has 0 aliphatic carbocycles. The molecule has 0 aromatic heterocycles. The van der Waals surface area contributed by atoms with Crippen molar-refractivity contribution in [3.8, 4) is 0 Å². The molecule has 0 bridgehead atoms. The van der Waals surface area contributed by atoms with Gasteiger partial charge in [-0.1, -0.05) is 60.7 Å². The third kappa shape index (κ3) is 4.24. The first kappa shape index (κ1) is 16.7. The third-order valence-corrected chi connectivity index (χ3v) is 4.93. The molecule has 126 valence electrons. The molecule has 1 aliphatic rings. The lowest BCUT2D eigenvalue weighted by molar-refractivity contribution is -0.131. The number of carbonyl (C=O) groups is 1. The second-order valence-corrected chi connectivity index (χ2v) is 6.53. The lowest BCUT2D eigenvalue weighted by Crippen LogP contribution is -2.32. The smallest absolute Gasteiger partial charge is 0.222 e. The summed E-state index contributed by atoms with van der Waals surface area (Å²) in [5.41, 5.74) is 2.25. The summed E-state index contributed by atoms with van der Waals surface area (Å²) < 4.78 is 0. The Morgan fingerprint density at radius 1 is 1.00 bits per heavy atom. The molecule has 3 heteroatoms. The van der Waals surface area contributed by atoms with Crippen LogP contribution in [0, 0.1) is 0 Å². The van der Waals surface area contributed by atoms with Gasteiger partial charge in [0.1, 0.15) is 0 Å². The van der Waals surface area contributed by atoms with Gasteiger partial charge in [-0.2, -0.15) is 0 Å². The Morgan fingerprint density at radius 3 is 2.38 bits per heavy atom. The molecule has 1 fully saturated rings. The topological polar surface area (TPSA) is 40.5 Å². The summed E-state index contributed by atoms with van der Waals surface area (Å²) in [5.74, 6) is 0.674. The molecule has 0 radical (unpaired) electrons. The average molecular weight is 323 g/mol. The van der Waals surface area contributed by atoms with Gasteiger partial charge >= 0.3 is 0 Å². The fourth-order valence-electron chi connectivity index (χ4n) is 3.45. The minimum atomic E-state index is -0.507. The van der Waals surface area contributed by atoms with Gasteiger partial charge in [0.15, 0.2) is 0 Å². The van der Waals surface area contributed by atoms with E-state index in [2.05, 4.69) is 24.3 Å². The van der Waals surface area contributed by atoms with E-state index in [1.165, 1.54) is 5.56 Å². The van der Waals surface area contributed by atoms with E-state index in [1.807, 2.05) is 41.3 Å². The van der Waals surface area contributed by atoms with Crippen molar-refractivity contribution in [2.24, 2.45) is 0 Å². The first-order valence-electron chi connectivity index (χ1n) is 8.80. The van der Waals surface area contributed by atoms with Crippen molar-refractivity contribution in [2.75, 3.05) is 13.1 Å². The predicted octanol–water partition coefficient (Wildman–Crippen LogP) is 3.91. The van der Waals surface area contributed by atoms with Crippen LogP contribution in [0.15, 0.2) is 60.7 Å². The first-order chi connectivity index (χ1) is 11.7. The maximum Gasteiger partial charge on any atom is 0.222 e. The number of carbonyl (C=O) groups excluding carboxylic acids is 1. The van der Waals surface area contributed by atoms with Crippen LogP contribution in [0.1, 0.15) is 48.8 Å². The van der Waals surface area contributed by atoms with E-state index in [1.54, 1.807) is 0 Å². The number of likely N-dealkylation sites (tertiary alicyclic amines) is 1. The Kier molecular flexibility index (Phi) is 5.65. The van der Waals surface area contributed by atoms with Crippen LogP contribution in [0.4, 0.5) is 0 Å². The second kappa shape index (κ2) is 8.11. The molecule has 3 rings (SSSR count). The van der Waals surface area contributed by atoms with Gasteiger partial charge in [-0.25, -0.2) is 0 Å². The highest BCUT2D eigenvalue weighted by Gasteiger charge is 2.23. The van der Waals surface area contributed by atoms with Crippen molar-refractivity contribution in [1.29, 1.82) is 0 Å². The standard InChI is InChI=1S/C21H25NO2/c23-20(19-9-5-2-6-10-19)14-16-22-15-13-18(11-12-21(22)24)17-7-3-1-4-8-17/h1-10,18,20,23H,11-16H2/t18-,20-/m1/s1. The van der Waals surface area contributed by atoms with Gasteiger partial charge in [-0.05, 0) is 36.3 Å². The highest BCUT2D eigenvalue weighted by molar-refractivity contribution is 5.76. The number of aliphatic hydroxyl groups is 1. The quantitative estimate of drug-likeness (QED) is 0.906. The monoisotopic (exact) mass is 323 g/mol. The highest BCUT2D eigenvalue weighted by atomic mass is 16.3. The van der Waals surface area contributed by atoms with E-state index in [-0.39, 0.29) is 5.91 Å². The summed E-state index contributed by atoms with van der Waals surface area (Å²) in [5, 5.41) is 10.3. The molecule has 3 nitrogen and oxygen atoms in total. The summed E-state index contributed by atoms with van der Waals surface area (Å²) >= 11 is 0. The number of hydrogen-bond donors (Lipinski definition) is 1. The number of benzene rings is 2. The van der Waals surface area contributed by atoms with Crippen molar-refractivity contribution in [2.45, 2.75) is 37.7 Å². The number of nitrogens with zero attached hydrogens (tertiary/aromatic N) is 1. The van der Waals surface area contributed by atoms with Crippen LogP contribution < -0.4 is 0 Å². The second-order valence-electron chi connectivity index (χ2n) is 6.53. The third-order valence-electron chi connectivity index (χ3n) is 4.93. The van der Waals surface area contributed by atoms with Gasteiger partial charge in [0.05, 0.1) is 6.10 Å². The maximum absolute atomic E-state index is 12.4. The Hall–Kier alpha value is -2.13. The SMILES string of the molecule is O=C1CC[C@@H](c2ccccc2)CCN1CC[C@@H](O)c1ccccc1. The lowest BCUT2D eigenvalue weighted by atomic mass is 9.92. The van der Waals surface area contributed by atoms with E-state index in [0.717, 1.165) is 24.9 Å². The van der Waals surface area contributed by atoms with Crippen LogP contribution in [0.5, 0.6) is 0 Å². The van der Waals surface area contributed by atoms with Crippen molar-refractivity contribution in [3.63, 3.8) is 0 Å². The molecule has 0 spiro atoms. The Labute approximate surface area is 143 Å². The number of rotatable bonds is 5. The highest BCUT2D eigenvalue weighted by Crippen LogP contribution is 2.28. The zero-order valence-electron chi connectivity index (χ0n) is 14.0. The molecule has 2 aromatic carbocycles. The molecule has 0 saturated carbocycles. The van der Waals surface area contributed by atoms with Gasteiger partial charge in [0.25, 0.3) is 0 Å². The van der Waals surface area contributed by atoms with Crippen LogP contribution in [0.2, 0.25) is 0 Å². The van der Waals surface area contributed by atoms with Crippen LogP contribution in [0.3, 0.4) is 0 Å². The van der Waals surface area contributed by atoms with E-state index < -0.39 is 6.10 Å². The number of hydrogen-bond acceptors (Lipinski definition) is 2. The van der Waals surface area contributed by atoms with Crippen molar-refractivity contribution in [1.82, 2.24) is 4.90 Å². The lowest BCUT2D eigenvalue weighted by Gasteiger charge is -2.22. The van der Waals surface area contributed by atoms with Crippen LogP contribution in [0.25, 0.3) is 0 Å². The van der Waals surface area contributed by atoms with E-state index >= 15 is 0 Å². The molecular weight excluding hydrogens is 298 g/mol. The van der Waals surface area contributed by atoms with Crippen molar-refractivity contribution in [3.05, 3.63) is 71.8 Å². The van der Waals surface area contributed by atoms with Crippen molar-refractivity contribution >= 4 is 5.91 Å². The summed E-state index contributed by atoms with van der Waals surface area (Å²) in [4.78, 5) is 14.3. The summed E-state index contributed by atoms with van der Waals surface area (Å²) in [6.07, 6.45) is 2.59. The molecule has 1 aliphatic heterocycles. The maximum atomic E-state index is 12.4. The summed E-state index contributed by atoms with van der Waals surface area (Å²) in [6.45, 7) is 1.40. The van der Waals surface area contributed by atoms with Gasteiger partial charge in [-0.15, -0.1) is 0 Å². The number of amides is 1. The Balaban J connectivity index is 1.56. The van der Waals surface area contributed by atoms with Crippen LogP contribution >= 0.6 is 0 Å². The predicted molar refractivity (Wildman–Crippen MR) is 95.6 cm³/mol. The van der Waals surface area contributed by atoms with Gasteiger partial charge in [0, 0.05) is 19.5 Å².